The van der Waals surface area contributed by atoms with E-state index in [1.54, 1.807) is 18.3 Å². The molecule has 0 atom stereocenters. The Balaban J connectivity index is 2.87. The highest BCUT2D eigenvalue weighted by Crippen LogP contribution is 2.22. The highest BCUT2D eigenvalue weighted by atomic mass is 79.9. The minimum absolute atomic E-state index is 0.0143. The molecule has 0 spiro atoms. The van der Waals surface area contributed by atoms with Crippen LogP contribution in [0.1, 0.15) is 0 Å². The predicted molar refractivity (Wildman–Crippen MR) is 55.9 cm³/mol. The van der Waals surface area contributed by atoms with E-state index >= 15 is 0 Å². The minimum Gasteiger partial charge on any atom is -0.239 e. The van der Waals surface area contributed by atoms with Gasteiger partial charge in [-0.25, -0.2) is 12.9 Å². The third kappa shape index (κ3) is 1.65. The molecule has 0 aliphatic carbocycles. The number of halogens is 2. The maximum absolute atomic E-state index is 11.1. The van der Waals surface area contributed by atoms with Crippen LogP contribution in [0.15, 0.2) is 33.9 Å². The fourth-order valence-corrected chi connectivity index (χ4v) is 2.39. The summed E-state index contributed by atoms with van der Waals surface area (Å²) in [7, 11) is 1.50. The normalized spacial score (nSPS) is 12.1. The molecule has 14 heavy (non-hydrogen) atoms. The van der Waals surface area contributed by atoms with Crippen LogP contribution >= 0.6 is 26.6 Å². The molecule has 7 heteroatoms. The summed E-state index contributed by atoms with van der Waals surface area (Å²) in [6.07, 6.45) is 2.87. The summed E-state index contributed by atoms with van der Waals surface area (Å²) in [5, 5.41) is 3.86. The third-order valence-corrected chi connectivity index (χ3v) is 3.54. The van der Waals surface area contributed by atoms with Crippen molar-refractivity contribution in [3.63, 3.8) is 0 Å². The second-order valence-electron chi connectivity index (χ2n) is 2.62. The van der Waals surface area contributed by atoms with Crippen LogP contribution < -0.4 is 0 Å². The lowest BCUT2D eigenvalue weighted by Crippen LogP contribution is -1.90. The molecule has 0 aliphatic rings. The van der Waals surface area contributed by atoms with Crippen LogP contribution in [0, 0.1) is 0 Å². The van der Waals surface area contributed by atoms with Gasteiger partial charge in [0.25, 0.3) is 9.05 Å². The summed E-state index contributed by atoms with van der Waals surface area (Å²) >= 11 is 3.24. The van der Waals surface area contributed by atoms with Crippen molar-refractivity contribution >= 4 is 41.2 Å². The van der Waals surface area contributed by atoms with Crippen LogP contribution in [-0.4, -0.2) is 18.0 Å². The molecule has 2 rings (SSSR count). The van der Waals surface area contributed by atoms with E-state index in [0.717, 1.165) is 4.47 Å². The van der Waals surface area contributed by atoms with Gasteiger partial charge in [-0.2, -0.15) is 5.10 Å². The molecule has 2 aromatic rings. The van der Waals surface area contributed by atoms with Gasteiger partial charge in [0.2, 0.25) is 0 Å². The quantitative estimate of drug-likeness (QED) is 0.756. The standard InChI is InChI=1S/C7H4BrClN2O2S/c8-5-1-2-11-6(3-5)7(4-10-11)14(9,12)13/h1-4H. The first-order valence-corrected chi connectivity index (χ1v) is 6.66. The van der Waals surface area contributed by atoms with Gasteiger partial charge in [0.05, 0.1) is 11.7 Å². The molecular formula is C7H4BrClN2O2S. The lowest BCUT2D eigenvalue weighted by Gasteiger charge is -1.95. The molecule has 0 bridgehead atoms. The van der Waals surface area contributed by atoms with Gasteiger partial charge in [0.1, 0.15) is 4.90 Å². The van der Waals surface area contributed by atoms with Crippen LogP contribution in [-0.2, 0) is 9.05 Å². The number of pyridine rings is 1. The highest BCUT2D eigenvalue weighted by Gasteiger charge is 2.16. The Morgan fingerprint density at radius 3 is 2.86 bits per heavy atom. The molecule has 0 saturated carbocycles. The van der Waals surface area contributed by atoms with Crippen molar-refractivity contribution in [1.82, 2.24) is 9.61 Å². The smallest absolute Gasteiger partial charge is 0.239 e. The first-order valence-electron chi connectivity index (χ1n) is 3.56. The maximum Gasteiger partial charge on any atom is 0.265 e. The SMILES string of the molecule is O=S(=O)(Cl)c1cnn2ccc(Br)cc12. The number of aromatic nitrogens is 2. The summed E-state index contributed by atoms with van der Waals surface area (Å²) in [4.78, 5) is 0.0143. The Morgan fingerprint density at radius 1 is 1.50 bits per heavy atom. The van der Waals surface area contributed by atoms with E-state index < -0.39 is 9.05 Å². The Hall–Kier alpha value is -0.590. The van der Waals surface area contributed by atoms with Crippen LogP contribution in [0.5, 0.6) is 0 Å². The second-order valence-corrected chi connectivity index (χ2v) is 6.07. The van der Waals surface area contributed by atoms with Crippen molar-refractivity contribution in [2.45, 2.75) is 4.90 Å². The van der Waals surface area contributed by atoms with Gasteiger partial charge in [-0.05, 0) is 12.1 Å². The van der Waals surface area contributed by atoms with Gasteiger partial charge in [-0.15, -0.1) is 0 Å². The molecule has 0 aliphatic heterocycles. The van der Waals surface area contributed by atoms with Crippen molar-refractivity contribution in [2.75, 3.05) is 0 Å². The molecule has 74 valence electrons. The maximum atomic E-state index is 11.1. The number of hydrogen-bond acceptors (Lipinski definition) is 3. The monoisotopic (exact) mass is 294 g/mol. The van der Waals surface area contributed by atoms with E-state index in [1.165, 1.54) is 10.7 Å². The molecule has 0 fully saturated rings. The average Bonchev–Trinajstić information content (AvgIpc) is 2.45. The Morgan fingerprint density at radius 2 is 2.21 bits per heavy atom. The van der Waals surface area contributed by atoms with E-state index in [9.17, 15) is 8.42 Å². The molecule has 2 aromatic heterocycles. The first-order chi connectivity index (χ1) is 6.48. The van der Waals surface area contributed by atoms with Gasteiger partial charge >= 0.3 is 0 Å². The van der Waals surface area contributed by atoms with Gasteiger partial charge < -0.3 is 0 Å². The molecular weight excluding hydrogens is 292 g/mol. The van der Waals surface area contributed by atoms with Crippen molar-refractivity contribution in [3.8, 4) is 0 Å². The number of nitrogens with zero attached hydrogens (tertiary/aromatic N) is 2. The number of fused-ring (bicyclic) bond motifs is 1. The van der Waals surface area contributed by atoms with Crippen LogP contribution in [0.2, 0.25) is 0 Å². The summed E-state index contributed by atoms with van der Waals surface area (Å²) in [6.45, 7) is 0. The number of rotatable bonds is 1. The number of hydrogen-bond donors (Lipinski definition) is 0. The lowest BCUT2D eigenvalue weighted by atomic mass is 10.4. The van der Waals surface area contributed by atoms with E-state index in [0.29, 0.717) is 5.52 Å². The van der Waals surface area contributed by atoms with E-state index in [4.69, 9.17) is 10.7 Å². The summed E-state index contributed by atoms with van der Waals surface area (Å²) in [5.41, 5.74) is 0.453. The zero-order valence-electron chi connectivity index (χ0n) is 6.68. The van der Waals surface area contributed by atoms with Crippen LogP contribution in [0.25, 0.3) is 5.52 Å². The summed E-state index contributed by atoms with van der Waals surface area (Å²) in [6, 6.07) is 3.40. The van der Waals surface area contributed by atoms with Crippen molar-refractivity contribution < 1.29 is 8.42 Å². The van der Waals surface area contributed by atoms with Gasteiger partial charge in [0, 0.05) is 21.4 Å². The van der Waals surface area contributed by atoms with Crippen molar-refractivity contribution in [1.29, 1.82) is 0 Å². The van der Waals surface area contributed by atoms with E-state index in [-0.39, 0.29) is 4.90 Å². The van der Waals surface area contributed by atoms with E-state index in [2.05, 4.69) is 21.0 Å². The molecule has 0 amide bonds. The summed E-state index contributed by atoms with van der Waals surface area (Å²) in [5.74, 6) is 0. The fourth-order valence-electron chi connectivity index (χ4n) is 1.12. The van der Waals surface area contributed by atoms with Crippen LogP contribution in [0.4, 0.5) is 0 Å². The minimum atomic E-state index is -3.73. The highest BCUT2D eigenvalue weighted by molar-refractivity contribution is 9.10. The average molecular weight is 296 g/mol. The Bertz CT molecular complexity index is 593. The molecule has 0 radical (unpaired) electrons. The zero-order valence-corrected chi connectivity index (χ0v) is 9.84. The predicted octanol–water partition coefficient (Wildman–Crippen LogP) is 2.02. The van der Waals surface area contributed by atoms with Gasteiger partial charge in [0.15, 0.2) is 0 Å². The molecule has 4 nitrogen and oxygen atoms in total. The lowest BCUT2D eigenvalue weighted by molar-refractivity contribution is 0.610. The molecule has 0 unspecified atom stereocenters. The third-order valence-electron chi connectivity index (χ3n) is 1.71. The molecule has 0 N–H and O–H groups in total. The zero-order chi connectivity index (χ0) is 10.3. The van der Waals surface area contributed by atoms with E-state index in [1.807, 2.05) is 0 Å². The van der Waals surface area contributed by atoms with Crippen molar-refractivity contribution in [2.24, 2.45) is 0 Å². The van der Waals surface area contributed by atoms with Crippen molar-refractivity contribution in [3.05, 3.63) is 29.0 Å². The molecule has 2 heterocycles. The largest absolute Gasteiger partial charge is 0.265 e. The molecule has 0 saturated heterocycles. The Kier molecular flexibility index (Phi) is 2.29. The first kappa shape index (κ1) is 9.95. The Labute approximate surface area is 93.0 Å². The van der Waals surface area contributed by atoms with Gasteiger partial charge in [-0.1, -0.05) is 15.9 Å². The van der Waals surface area contributed by atoms with Crippen LogP contribution in [0.3, 0.4) is 0 Å². The topological polar surface area (TPSA) is 51.4 Å². The second kappa shape index (κ2) is 3.22. The molecule has 0 aromatic carbocycles. The van der Waals surface area contributed by atoms with Gasteiger partial charge in [-0.3, -0.25) is 0 Å². The summed E-state index contributed by atoms with van der Waals surface area (Å²) < 4.78 is 24.4. The fraction of sp³-hybridized carbons (Fsp3) is 0.